The van der Waals surface area contributed by atoms with Gasteiger partial charge in [0.1, 0.15) is 11.8 Å². The summed E-state index contributed by atoms with van der Waals surface area (Å²) in [5, 5.41) is 0. The Morgan fingerprint density at radius 2 is 2.17 bits per heavy atom. The van der Waals surface area contributed by atoms with Crippen molar-refractivity contribution in [3.8, 4) is 0 Å². The number of hydrogen-bond acceptors (Lipinski definition) is 4. The van der Waals surface area contributed by atoms with Crippen LogP contribution >= 0.6 is 0 Å². The molecule has 12 heavy (non-hydrogen) atoms. The van der Waals surface area contributed by atoms with Gasteiger partial charge in [0.2, 0.25) is 0 Å². The normalized spacial score (nSPS) is 18.5. The number of carbonyl (C=O) groups excluding carboxylic acids is 2. The van der Waals surface area contributed by atoms with Gasteiger partial charge in [-0.3, -0.25) is 9.59 Å². The molecule has 1 aliphatic rings. The second kappa shape index (κ2) is 3.67. The minimum atomic E-state index is -0.775. The molecule has 0 saturated heterocycles. The standard InChI is InChI=1S/C8H13NO3/c1-12-8(11)6(9)4-7(10)5-2-3-5/h5-6H,2-4,9H2,1H3. The molecule has 0 aliphatic heterocycles. The van der Waals surface area contributed by atoms with Crippen molar-refractivity contribution in [1.82, 2.24) is 0 Å². The number of nitrogens with two attached hydrogens (primary N) is 1. The third kappa shape index (κ3) is 2.30. The lowest BCUT2D eigenvalue weighted by Gasteiger charge is -2.06. The van der Waals surface area contributed by atoms with E-state index in [0.29, 0.717) is 0 Å². The number of esters is 1. The fraction of sp³-hybridized carbons (Fsp3) is 0.750. The van der Waals surface area contributed by atoms with Gasteiger partial charge >= 0.3 is 5.97 Å². The third-order valence-corrected chi connectivity index (χ3v) is 1.96. The molecule has 0 amide bonds. The molecule has 1 atom stereocenters. The average Bonchev–Trinajstić information content (AvgIpc) is 2.84. The van der Waals surface area contributed by atoms with Crippen molar-refractivity contribution in [2.24, 2.45) is 11.7 Å². The van der Waals surface area contributed by atoms with E-state index in [1.54, 1.807) is 0 Å². The zero-order chi connectivity index (χ0) is 9.14. The highest BCUT2D eigenvalue weighted by atomic mass is 16.5. The molecule has 0 bridgehead atoms. The van der Waals surface area contributed by atoms with Crippen LogP contribution in [-0.2, 0) is 14.3 Å². The predicted octanol–water partition coefficient (Wildman–Crippen LogP) is -0.144. The van der Waals surface area contributed by atoms with Crippen LogP contribution in [0, 0.1) is 5.92 Å². The molecule has 0 aromatic carbocycles. The lowest BCUT2D eigenvalue weighted by atomic mass is 10.1. The summed E-state index contributed by atoms with van der Waals surface area (Å²) in [7, 11) is 1.27. The number of ether oxygens (including phenoxy) is 1. The molecule has 1 aliphatic carbocycles. The second-order valence-corrected chi connectivity index (χ2v) is 3.07. The summed E-state index contributed by atoms with van der Waals surface area (Å²) in [4.78, 5) is 21.9. The number of ketones is 1. The summed E-state index contributed by atoms with van der Waals surface area (Å²) in [5.74, 6) is -0.252. The van der Waals surface area contributed by atoms with Crippen LogP contribution in [0.1, 0.15) is 19.3 Å². The van der Waals surface area contributed by atoms with Crippen molar-refractivity contribution < 1.29 is 14.3 Å². The summed E-state index contributed by atoms with van der Waals surface area (Å²) in [6, 6.07) is -0.775. The maximum atomic E-state index is 11.1. The van der Waals surface area contributed by atoms with Crippen LogP contribution in [0.5, 0.6) is 0 Å². The fourth-order valence-corrected chi connectivity index (χ4v) is 1.02. The molecule has 1 fully saturated rings. The molecule has 1 unspecified atom stereocenters. The summed E-state index contributed by atoms with van der Waals surface area (Å²) < 4.78 is 4.40. The molecule has 0 aromatic heterocycles. The van der Waals surface area contributed by atoms with Crippen molar-refractivity contribution in [2.75, 3.05) is 7.11 Å². The monoisotopic (exact) mass is 171 g/mol. The summed E-state index contributed by atoms with van der Waals surface area (Å²) in [6.45, 7) is 0. The van der Waals surface area contributed by atoms with Crippen LogP contribution in [0.3, 0.4) is 0 Å². The fourth-order valence-electron chi connectivity index (χ4n) is 1.02. The van der Waals surface area contributed by atoms with Gasteiger partial charge in [0.25, 0.3) is 0 Å². The van der Waals surface area contributed by atoms with Crippen LogP contribution in [-0.4, -0.2) is 24.9 Å². The van der Waals surface area contributed by atoms with Crippen LogP contribution in [0.15, 0.2) is 0 Å². The first-order chi connectivity index (χ1) is 5.65. The highest BCUT2D eigenvalue weighted by Gasteiger charge is 2.31. The van der Waals surface area contributed by atoms with Crippen molar-refractivity contribution in [1.29, 1.82) is 0 Å². The Labute approximate surface area is 71.1 Å². The minimum absolute atomic E-state index is 0.0906. The Kier molecular flexibility index (Phi) is 2.81. The second-order valence-electron chi connectivity index (χ2n) is 3.07. The number of methoxy groups -OCH3 is 1. The number of Topliss-reactive ketones (excluding diaryl/α,β-unsaturated/α-hetero) is 1. The van der Waals surface area contributed by atoms with Gasteiger partial charge in [-0.15, -0.1) is 0 Å². The SMILES string of the molecule is COC(=O)C(N)CC(=O)C1CC1. The summed E-state index contributed by atoms with van der Waals surface area (Å²) in [6.07, 6.45) is 2.02. The van der Waals surface area contributed by atoms with Crippen molar-refractivity contribution in [3.05, 3.63) is 0 Å². The van der Waals surface area contributed by atoms with Crippen molar-refractivity contribution in [2.45, 2.75) is 25.3 Å². The molecule has 0 aromatic rings. The molecule has 0 spiro atoms. The van der Waals surface area contributed by atoms with E-state index in [-0.39, 0.29) is 18.1 Å². The summed E-state index contributed by atoms with van der Waals surface area (Å²) in [5.41, 5.74) is 5.40. The number of hydrogen-bond donors (Lipinski definition) is 1. The first-order valence-electron chi connectivity index (χ1n) is 4.01. The predicted molar refractivity (Wildman–Crippen MR) is 42.3 cm³/mol. The Morgan fingerprint density at radius 3 is 2.58 bits per heavy atom. The largest absolute Gasteiger partial charge is 0.468 e. The molecule has 4 nitrogen and oxygen atoms in total. The Bertz CT molecular complexity index is 198. The first kappa shape index (κ1) is 9.19. The zero-order valence-electron chi connectivity index (χ0n) is 7.08. The van der Waals surface area contributed by atoms with E-state index in [2.05, 4.69) is 4.74 Å². The number of rotatable bonds is 4. The highest BCUT2D eigenvalue weighted by molar-refractivity contribution is 5.88. The first-order valence-corrected chi connectivity index (χ1v) is 4.01. The molecule has 68 valence electrons. The van der Waals surface area contributed by atoms with Gasteiger partial charge in [-0.25, -0.2) is 0 Å². The Balaban J connectivity index is 2.29. The minimum Gasteiger partial charge on any atom is -0.468 e. The lowest BCUT2D eigenvalue weighted by molar-refractivity contribution is -0.143. The highest BCUT2D eigenvalue weighted by Crippen LogP contribution is 2.31. The van der Waals surface area contributed by atoms with Crippen LogP contribution in [0.4, 0.5) is 0 Å². The smallest absolute Gasteiger partial charge is 0.323 e. The van der Waals surface area contributed by atoms with Gasteiger partial charge in [-0.05, 0) is 12.8 Å². The molecule has 1 saturated carbocycles. The van der Waals surface area contributed by atoms with Gasteiger partial charge < -0.3 is 10.5 Å². The quantitative estimate of drug-likeness (QED) is 0.597. The topological polar surface area (TPSA) is 69.4 Å². The van der Waals surface area contributed by atoms with Gasteiger partial charge in [0.15, 0.2) is 0 Å². The molecule has 4 heteroatoms. The van der Waals surface area contributed by atoms with E-state index in [0.717, 1.165) is 12.8 Å². The van der Waals surface area contributed by atoms with Crippen LogP contribution in [0.2, 0.25) is 0 Å². The van der Waals surface area contributed by atoms with E-state index in [1.165, 1.54) is 7.11 Å². The molecule has 0 radical (unpaired) electrons. The van der Waals surface area contributed by atoms with E-state index in [4.69, 9.17) is 5.73 Å². The van der Waals surface area contributed by atoms with E-state index in [1.807, 2.05) is 0 Å². The average molecular weight is 171 g/mol. The molecule has 1 rings (SSSR count). The maximum absolute atomic E-state index is 11.1. The van der Waals surface area contributed by atoms with Crippen molar-refractivity contribution >= 4 is 11.8 Å². The Hall–Kier alpha value is -0.900. The lowest BCUT2D eigenvalue weighted by Crippen LogP contribution is -2.34. The summed E-state index contributed by atoms with van der Waals surface area (Å²) >= 11 is 0. The van der Waals surface area contributed by atoms with Gasteiger partial charge in [-0.2, -0.15) is 0 Å². The van der Waals surface area contributed by atoms with Crippen LogP contribution < -0.4 is 5.73 Å². The molecular formula is C8H13NO3. The van der Waals surface area contributed by atoms with E-state index in [9.17, 15) is 9.59 Å². The Morgan fingerprint density at radius 1 is 1.58 bits per heavy atom. The van der Waals surface area contributed by atoms with Gasteiger partial charge in [0, 0.05) is 12.3 Å². The zero-order valence-corrected chi connectivity index (χ0v) is 7.08. The third-order valence-electron chi connectivity index (χ3n) is 1.96. The number of carbonyl (C=O) groups is 2. The van der Waals surface area contributed by atoms with E-state index >= 15 is 0 Å². The van der Waals surface area contributed by atoms with Crippen LogP contribution in [0.25, 0.3) is 0 Å². The molecule has 0 heterocycles. The molecular weight excluding hydrogens is 158 g/mol. The maximum Gasteiger partial charge on any atom is 0.323 e. The van der Waals surface area contributed by atoms with E-state index < -0.39 is 12.0 Å². The molecule has 2 N–H and O–H groups in total. The van der Waals surface area contributed by atoms with Gasteiger partial charge in [0.05, 0.1) is 7.11 Å². The van der Waals surface area contributed by atoms with Gasteiger partial charge in [-0.1, -0.05) is 0 Å². The van der Waals surface area contributed by atoms with Crippen molar-refractivity contribution in [3.63, 3.8) is 0 Å².